The Hall–Kier alpha value is -0.680. The summed E-state index contributed by atoms with van der Waals surface area (Å²) in [7, 11) is 0. The van der Waals surface area contributed by atoms with Gasteiger partial charge in [-0.3, -0.25) is 0 Å². The Morgan fingerprint density at radius 3 is 0.392 bits per heavy atom. The lowest BCUT2D eigenvalue weighted by Gasteiger charge is -2.53. The third kappa shape index (κ3) is 18.6. The highest BCUT2D eigenvalue weighted by Gasteiger charge is 2.57. The van der Waals surface area contributed by atoms with Crippen molar-refractivity contribution in [3.8, 4) is 0 Å². The van der Waals surface area contributed by atoms with Gasteiger partial charge in [0.1, 0.15) is 0 Å². The van der Waals surface area contributed by atoms with Crippen molar-refractivity contribution >= 4 is 0 Å². The third-order valence-corrected chi connectivity index (χ3v) is 26.0. The molecule has 0 aliphatic carbocycles. The Labute approximate surface area is 592 Å². The van der Waals surface area contributed by atoms with Gasteiger partial charge in [-0.15, -0.1) is 0 Å². The number of ether oxygens (including phenoxy) is 16. The molecule has 0 spiro atoms. The normalized spacial score (nSPS) is 51.3. The maximum absolute atomic E-state index is 8.72. The molecule has 30 rings (SSSR count). The summed E-state index contributed by atoms with van der Waals surface area (Å²) in [6.07, 6.45) is 0.531. The molecular formula is C80H150O17. The van der Waals surface area contributed by atoms with Crippen LogP contribution in [0.4, 0.5) is 0 Å². The van der Waals surface area contributed by atoms with Crippen molar-refractivity contribution in [1.82, 2.24) is 0 Å². The molecule has 16 bridgehead atoms. The van der Waals surface area contributed by atoms with Gasteiger partial charge >= 0.3 is 0 Å². The first-order valence-corrected chi connectivity index (χ1v) is 39.2. The van der Waals surface area contributed by atoms with Crippen LogP contribution in [0, 0.1) is 101 Å². The van der Waals surface area contributed by atoms with Gasteiger partial charge in [-0.1, -0.05) is 195 Å². The minimum atomic E-state index is -0.431. The largest absolute Gasteiger partial charge is 0.393 e. The molecule has 25 unspecified atom stereocenters. The molecule has 30 aliphatic rings. The summed E-state index contributed by atoms with van der Waals surface area (Å²) < 4.78 is 114. The molecule has 1 N–H and O–H groups in total. The second kappa shape index (κ2) is 37.5. The maximum atomic E-state index is 8.72. The van der Waals surface area contributed by atoms with E-state index in [1.807, 2.05) is 6.92 Å². The molecule has 17 nitrogen and oxygen atoms in total. The minimum absolute atomic E-state index is 0. The van der Waals surface area contributed by atoms with E-state index in [1.54, 1.807) is 0 Å². The lowest BCUT2D eigenvalue weighted by molar-refractivity contribution is -0.376. The van der Waals surface area contributed by atoms with Crippen molar-refractivity contribution in [1.29, 1.82) is 0 Å². The highest BCUT2D eigenvalue weighted by atomic mass is 16.8. The lowest BCUT2D eigenvalue weighted by atomic mass is 9.80. The summed E-state index contributed by atoms with van der Waals surface area (Å²) in [5, 5.41) is 8.72. The van der Waals surface area contributed by atoms with Gasteiger partial charge in [0, 0.05) is 47.3 Å². The summed E-state index contributed by atoms with van der Waals surface area (Å²) in [6, 6.07) is 0. The van der Waals surface area contributed by atoms with E-state index in [2.05, 4.69) is 180 Å². The van der Waals surface area contributed by atoms with Crippen LogP contribution in [-0.2, 0) is 75.8 Å². The van der Waals surface area contributed by atoms with Gasteiger partial charge in [0.2, 0.25) is 0 Å². The highest BCUT2D eigenvalue weighted by molar-refractivity contribution is 4.98. The average molecular weight is 1380 g/mol. The molecule has 30 saturated heterocycles. The molecule has 0 aromatic heterocycles. The van der Waals surface area contributed by atoms with Crippen LogP contribution in [0.5, 0.6) is 0 Å². The van der Waals surface area contributed by atoms with E-state index in [0.29, 0.717) is 5.92 Å². The number of aliphatic hydroxyl groups is 1. The van der Waals surface area contributed by atoms with Gasteiger partial charge in [0.25, 0.3) is 0 Å². The molecule has 30 aliphatic heterocycles. The third-order valence-electron chi connectivity index (χ3n) is 26.0. The zero-order chi connectivity index (χ0) is 69.9. The summed E-state index contributed by atoms with van der Waals surface area (Å²) >= 11 is 0. The molecule has 572 valence electrons. The number of hydrogen-bond acceptors (Lipinski definition) is 17. The first-order chi connectivity index (χ1) is 45.0. The van der Waals surface area contributed by atoms with Crippen LogP contribution in [0.1, 0.15) is 260 Å². The molecule has 17 heteroatoms. The van der Waals surface area contributed by atoms with E-state index < -0.39 is 50.3 Å². The molecule has 41 atom stereocenters. The predicted molar refractivity (Wildman–Crippen MR) is 382 cm³/mol. The average Bonchev–Trinajstić information content (AvgIpc) is 0.785. The lowest BCUT2D eigenvalue weighted by Crippen LogP contribution is -2.61. The molecule has 0 amide bonds. The summed E-state index contributed by atoms with van der Waals surface area (Å²) in [5.41, 5.74) is 0. The van der Waals surface area contributed by atoms with Crippen molar-refractivity contribution in [2.24, 2.45) is 101 Å². The second-order valence-electron chi connectivity index (χ2n) is 32.6. The van der Waals surface area contributed by atoms with Gasteiger partial charge in [-0.25, -0.2) is 0 Å². The topological polar surface area (TPSA) is 168 Å². The van der Waals surface area contributed by atoms with E-state index in [-0.39, 0.29) is 213 Å². The number of rotatable bonds is 10. The van der Waals surface area contributed by atoms with Crippen molar-refractivity contribution in [2.45, 2.75) is 414 Å². The van der Waals surface area contributed by atoms with Gasteiger partial charge in [-0.2, -0.15) is 0 Å². The molecule has 30 fully saturated rings. The van der Waals surface area contributed by atoms with Crippen LogP contribution < -0.4 is 0 Å². The molecule has 0 aromatic carbocycles. The molecule has 30 heterocycles. The number of hydrogen-bond donors (Lipinski definition) is 1. The standard InChI is InChI=1S/C72H128O16.C6H14O.2CH4/c1-25-49-57-33(9)41(17)65(73-49)82-58-35(11)43(19)67(75-50(58)26-2)84-60-37(13)45(21)69(77-52(60)28-4)86-62-39(15)47(23)71(79-54(62)30-6)88-64-40(16)48(24)72(80-56(64)32-8)87-63-38(14)46(22)70(78-55(63)31-7)85-61-36(12)44(20)68(76-53(61)29-5)83-59-34(10)42(18)66(81-57)74-51(59)27-3;1-5(2)4-6(3)7;;/h33-72H,25-32H2,1-24H3;5-7H,4H2,1-3H3;2*1H4/t33?,34?,35?,36?,37?,38?,39?,40?,41?,42?,43?,44?,45?,46?,47?,48?,49?,50?,51?,52?,53?,54?,55?,56?,57-,58-,59-,60-,61-,62-,63-,64-,65-,66+,67+,68+,69+,70+,71+,72+;;;/m0.../s1. The second-order valence-corrected chi connectivity index (χ2v) is 32.6. The molecule has 0 saturated carbocycles. The SMILES string of the molecule is C.C.CC(C)CC(C)O.CCC1O[C@@H]2O[C@@H]3C(CC)O[C@H](O[C@@H]4C(CC)O[C@H](O[C@@H]5C(CC)O[C@H](O[C@@H]6C(CC)O[C@@H](O[C@@H]7C(CC)O[C@H](O[C@@H]8C(CC)O[C@H](O[C@@H]9C(CC)O[C@H](O[C@H]1C(C)C2C)C(C)C9C)C(C)C8C)C(C)C7C)C(C)C6C)C(C)C5C)C(C)C4C)C(C)C3C. The van der Waals surface area contributed by atoms with Crippen molar-refractivity contribution < 1.29 is 80.9 Å². The van der Waals surface area contributed by atoms with Crippen molar-refractivity contribution in [2.75, 3.05) is 0 Å². The summed E-state index contributed by atoms with van der Waals surface area (Å²) in [5.74, 6) is 1.96. The number of aliphatic hydroxyl groups excluding tert-OH is 1. The smallest absolute Gasteiger partial charge is 0.161 e. The summed E-state index contributed by atoms with van der Waals surface area (Å²) in [6.45, 7) is 60.0. The Kier molecular flexibility index (Phi) is 33.0. The Morgan fingerprint density at radius 1 is 0.206 bits per heavy atom. The zero-order valence-corrected chi connectivity index (χ0v) is 64.6. The van der Waals surface area contributed by atoms with Crippen molar-refractivity contribution in [3.05, 3.63) is 0 Å². The Morgan fingerprint density at radius 2 is 0.320 bits per heavy atom. The Bertz CT molecular complexity index is 1790. The predicted octanol–water partition coefficient (Wildman–Crippen LogP) is 17.0. The zero-order valence-electron chi connectivity index (χ0n) is 64.6. The van der Waals surface area contributed by atoms with Gasteiger partial charge in [-0.05, 0) is 118 Å². The van der Waals surface area contributed by atoms with E-state index in [4.69, 9.17) is 80.9 Å². The molecule has 97 heavy (non-hydrogen) atoms. The molecule has 0 aromatic rings. The van der Waals surface area contributed by atoms with Gasteiger partial charge < -0.3 is 80.9 Å². The van der Waals surface area contributed by atoms with Crippen LogP contribution in [0.2, 0.25) is 0 Å². The summed E-state index contributed by atoms with van der Waals surface area (Å²) in [4.78, 5) is 0. The maximum Gasteiger partial charge on any atom is 0.161 e. The van der Waals surface area contributed by atoms with Crippen LogP contribution in [0.25, 0.3) is 0 Å². The molecular weight excluding hydrogens is 1230 g/mol. The van der Waals surface area contributed by atoms with Crippen LogP contribution >= 0.6 is 0 Å². The van der Waals surface area contributed by atoms with Gasteiger partial charge in [0.05, 0.1) is 104 Å². The van der Waals surface area contributed by atoms with E-state index in [0.717, 1.165) is 57.8 Å². The minimum Gasteiger partial charge on any atom is -0.393 e. The van der Waals surface area contributed by atoms with Crippen molar-refractivity contribution in [3.63, 3.8) is 0 Å². The fourth-order valence-corrected chi connectivity index (χ4v) is 17.6. The first kappa shape index (κ1) is 85.2. The molecule has 0 radical (unpaired) electrons. The quantitative estimate of drug-likeness (QED) is 0.219. The van der Waals surface area contributed by atoms with Crippen LogP contribution in [-0.4, -0.2) is 159 Å². The van der Waals surface area contributed by atoms with Crippen LogP contribution in [0.15, 0.2) is 0 Å². The van der Waals surface area contributed by atoms with E-state index in [1.165, 1.54) is 0 Å². The highest BCUT2D eigenvalue weighted by Crippen LogP contribution is 2.49. The fourth-order valence-electron chi connectivity index (χ4n) is 17.6. The Balaban J connectivity index is 0.00000156. The van der Waals surface area contributed by atoms with Crippen LogP contribution in [0.3, 0.4) is 0 Å². The monoisotopic (exact) mass is 1380 g/mol. The van der Waals surface area contributed by atoms with E-state index in [9.17, 15) is 0 Å². The fraction of sp³-hybridized carbons (Fsp3) is 1.00. The van der Waals surface area contributed by atoms with Gasteiger partial charge in [0.15, 0.2) is 50.3 Å². The first-order valence-electron chi connectivity index (χ1n) is 39.2. The van der Waals surface area contributed by atoms with E-state index >= 15 is 0 Å².